The second-order valence-electron chi connectivity index (χ2n) is 2.20. The van der Waals surface area contributed by atoms with E-state index in [2.05, 4.69) is 18.5 Å². The number of carbonyl (C=O) groups is 1. The maximum absolute atomic E-state index is 10.9. The first kappa shape index (κ1) is 9.69. The van der Waals surface area contributed by atoms with Crippen LogP contribution >= 0.6 is 0 Å². The van der Waals surface area contributed by atoms with Crippen LogP contribution in [-0.4, -0.2) is 13.0 Å². The van der Waals surface area contributed by atoms with Gasteiger partial charge in [-0.05, 0) is 13.0 Å². The summed E-state index contributed by atoms with van der Waals surface area (Å²) in [7, 11) is 1.57. The molecule has 0 aliphatic rings. The van der Waals surface area contributed by atoms with Gasteiger partial charge in [0, 0.05) is 12.6 Å². The van der Waals surface area contributed by atoms with E-state index in [1.165, 1.54) is 0 Å². The zero-order valence-electron chi connectivity index (χ0n) is 6.98. The Morgan fingerprint density at radius 2 is 2.09 bits per heavy atom. The fourth-order valence-corrected chi connectivity index (χ4v) is 0.560. The van der Waals surface area contributed by atoms with Crippen molar-refractivity contribution in [2.45, 2.75) is 6.92 Å². The Labute approximate surface area is 67.3 Å². The summed E-state index contributed by atoms with van der Waals surface area (Å²) in [6, 6.07) is 0. The number of allylic oxidation sites excluding steroid dienone is 2. The number of carbonyl (C=O) groups excluding carboxylic acids is 1. The molecule has 1 amide bonds. The SMILES string of the molecule is C=C/C(C)=C\C(=C)C(=O)NC. The van der Waals surface area contributed by atoms with Crippen LogP contribution < -0.4 is 5.32 Å². The first-order chi connectivity index (χ1) is 5.11. The number of hydrogen-bond donors (Lipinski definition) is 1. The van der Waals surface area contributed by atoms with Gasteiger partial charge in [0.05, 0.1) is 0 Å². The Kier molecular flexibility index (Phi) is 3.96. The van der Waals surface area contributed by atoms with Gasteiger partial charge in [0.15, 0.2) is 0 Å². The first-order valence-electron chi connectivity index (χ1n) is 3.33. The van der Waals surface area contributed by atoms with Crippen LogP contribution in [0.25, 0.3) is 0 Å². The van der Waals surface area contributed by atoms with Crippen LogP contribution in [0.15, 0.2) is 36.5 Å². The van der Waals surface area contributed by atoms with Crippen molar-refractivity contribution in [2.24, 2.45) is 0 Å². The average molecular weight is 151 g/mol. The molecule has 0 saturated carbocycles. The summed E-state index contributed by atoms with van der Waals surface area (Å²) < 4.78 is 0. The monoisotopic (exact) mass is 151 g/mol. The minimum Gasteiger partial charge on any atom is -0.355 e. The van der Waals surface area contributed by atoms with Gasteiger partial charge in [-0.1, -0.05) is 24.8 Å². The van der Waals surface area contributed by atoms with Crippen LogP contribution in [0.1, 0.15) is 6.92 Å². The molecule has 60 valence electrons. The molecule has 0 aromatic heterocycles. The minimum absolute atomic E-state index is 0.161. The van der Waals surface area contributed by atoms with Crippen molar-refractivity contribution in [3.8, 4) is 0 Å². The summed E-state index contributed by atoms with van der Waals surface area (Å²) >= 11 is 0. The third kappa shape index (κ3) is 3.40. The summed E-state index contributed by atoms with van der Waals surface area (Å²) in [6.07, 6.45) is 3.36. The highest BCUT2D eigenvalue weighted by molar-refractivity contribution is 5.95. The molecule has 0 unspecified atom stereocenters. The number of nitrogens with one attached hydrogen (secondary N) is 1. The zero-order valence-corrected chi connectivity index (χ0v) is 6.98. The van der Waals surface area contributed by atoms with Crippen molar-refractivity contribution in [1.29, 1.82) is 0 Å². The normalized spacial score (nSPS) is 10.5. The number of amides is 1. The Morgan fingerprint density at radius 3 is 2.45 bits per heavy atom. The van der Waals surface area contributed by atoms with Crippen molar-refractivity contribution in [3.63, 3.8) is 0 Å². The topological polar surface area (TPSA) is 29.1 Å². The van der Waals surface area contributed by atoms with Crippen molar-refractivity contribution in [1.82, 2.24) is 5.32 Å². The molecule has 11 heavy (non-hydrogen) atoms. The number of rotatable bonds is 3. The van der Waals surface area contributed by atoms with Crippen LogP contribution in [0.2, 0.25) is 0 Å². The fraction of sp³-hybridized carbons (Fsp3) is 0.222. The fourth-order valence-electron chi connectivity index (χ4n) is 0.560. The van der Waals surface area contributed by atoms with Gasteiger partial charge in [0.25, 0.3) is 0 Å². The van der Waals surface area contributed by atoms with Crippen LogP contribution in [0.4, 0.5) is 0 Å². The van der Waals surface area contributed by atoms with Gasteiger partial charge in [-0.2, -0.15) is 0 Å². The lowest BCUT2D eigenvalue weighted by molar-refractivity contribution is -0.116. The molecule has 0 aromatic rings. The van der Waals surface area contributed by atoms with Crippen molar-refractivity contribution in [3.05, 3.63) is 36.5 Å². The first-order valence-corrected chi connectivity index (χ1v) is 3.33. The highest BCUT2D eigenvalue weighted by Crippen LogP contribution is 2.00. The van der Waals surface area contributed by atoms with E-state index in [0.717, 1.165) is 5.57 Å². The van der Waals surface area contributed by atoms with E-state index in [4.69, 9.17) is 0 Å². The highest BCUT2D eigenvalue weighted by atomic mass is 16.1. The van der Waals surface area contributed by atoms with Crippen molar-refractivity contribution >= 4 is 5.91 Å². The van der Waals surface area contributed by atoms with Gasteiger partial charge in [0.1, 0.15) is 0 Å². The maximum atomic E-state index is 10.9. The lowest BCUT2D eigenvalue weighted by Gasteiger charge is -1.97. The second-order valence-corrected chi connectivity index (χ2v) is 2.20. The predicted molar refractivity (Wildman–Crippen MR) is 47.2 cm³/mol. The Morgan fingerprint density at radius 1 is 1.55 bits per heavy atom. The third-order valence-corrected chi connectivity index (χ3v) is 1.24. The molecular formula is C9H13NO. The van der Waals surface area contributed by atoms with E-state index in [9.17, 15) is 4.79 Å². The quantitative estimate of drug-likeness (QED) is 0.479. The van der Waals surface area contributed by atoms with Crippen LogP contribution in [0.5, 0.6) is 0 Å². The molecule has 0 fully saturated rings. The molecule has 0 radical (unpaired) electrons. The van der Waals surface area contributed by atoms with Crippen LogP contribution in [0.3, 0.4) is 0 Å². The summed E-state index contributed by atoms with van der Waals surface area (Å²) in [4.78, 5) is 10.9. The summed E-state index contributed by atoms with van der Waals surface area (Å²) in [5, 5.41) is 2.48. The van der Waals surface area contributed by atoms with Gasteiger partial charge in [-0.3, -0.25) is 4.79 Å². The molecule has 0 heterocycles. The van der Waals surface area contributed by atoms with Crippen LogP contribution in [-0.2, 0) is 4.79 Å². The lowest BCUT2D eigenvalue weighted by atomic mass is 10.2. The molecule has 2 heteroatoms. The summed E-state index contributed by atoms with van der Waals surface area (Å²) in [5.74, 6) is -0.161. The summed E-state index contributed by atoms with van der Waals surface area (Å²) in [5.41, 5.74) is 1.38. The highest BCUT2D eigenvalue weighted by Gasteiger charge is 1.98. The molecule has 0 aliphatic carbocycles. The molecule has 0 aliphatic heterocycles. The van der Waals surface area contributed by atoms with Gasteiger partial charge in [0.2, 0.25) is 5.91 Å². The Bertz CT molecular complexity index is 214. The molecule has 0 atom stereocenters. The Balaban J connectivity index is 4.28. The van der Waals surface area contributed by atoms with E-state index < -0.39 is 0 Å². The van der Waals surface area contributed by atoms with E-state index in [1.54, 1.807) is 19.2 Å². The number of likely N-dealkylation sites (N-methyl/N-ethyl adjacent to an activating group) is 1. The maximum Gasteiger partial charge on any atom is 0.250 e. The van der Waals surface area contributed by atoms with E-state index in [0.29, 0.717) is 5.57 Å². The molecule has 0 spiro atoms. The lowest BCUT2D eigenvalue weighted by Crippen LogP contribution is -2.18. The van der Waals surface area contributed by atoms with Gasteiger partial charge in [-0.15, -0.1) is 0 Å². The van der Waals surface area contributed by atoms with Crippen molar-refractivity contribution in [2.75, 3.05) is 7.05 Å². The predicted octanol–water partition coefficient (Wildman–Crippen LogP) is 1.42. The standard InChI is InChI=1S/C9H13NO/c1-5-7(2)6-8(3)9(11)10-4/h5-6H,1,3H2,2,4H3,(H,10,11)/b7-6-. The van der Waals surface area contributed by atoms with Crippen LogP contribution in [0, 0.1) is 0 Å². The molecular weight excluding hydrogens is 138 g/mol. The van der Waals surface area contributed by atoms with Gasteiger partial charge >= 0.3 is 0 Å². The third-order valence-electron chi connectivity index (χ3n) is 1.24. The van der Waals surface area contributed by atoms with E-state index in [-0.39, 0.29) is 5.91 Å². The van der Waals surface area contributed by atoms with Crippen molar-refractivity contribution < 1.29 is 4.79 Å². The average Bonchev–Trinajstić information content (AvgIpc) is 2.02. The second kappa shape index (κ2) is 4.50. The minimum atomic E-state index is -0.161. The number of hydrogen-bond acceptors (Lipinski definition) is 1. The largest absolute Gasteiger partial charge is 0.355 e. The molecule has 0 bridgehead atoms. The molecule has 0 aromatic carbocycles. The summed E-state index contributed by atoms with van der Waals surface area (Å²) in [6.45, 7) is 9.00. The Hall–Kier alpha value is -1.31. The van der Waals surface area contributed by atoms with Gasteiger partial charge < -0.3 is 5.32 Å². The molecule has 2 nitrogen and oxygen atoms in total. The zero-order chi connectivity index (χ0) is 8.85. The smallest absolute Gasteiger partial charge is 0.250 e. The molecule has 0 saturated heterocycles. The van der Waals surface area contributed by atoms with Gasteiger partial charge in [-0.25, -0.2) is 0 Å². The van der Waals surface area contributed by atoms with E-state index >= 15 is 0 Å². The van der Waals surface area contributed by atoms with E-state index in [1.807, 2.05) is 6.92 Å². The molecule has 1 N–H and O–H groups in total. The molecule has 0 rings (SSSR count).